The summed E-state index contributed by atoms with van der Waals surface area (Å²) in [6, 6.07) is 46.4. The number of carbonyl (C=O) groups is 6. The highest BCUT2D eigenvalue weighted by molar-refractivity contribution is 5.98. The van der Waals surface area contributed by atoms with Gasteiger partial charge in [0.05, 0.1) is 66.6 Å². The Kier molecular flexibility index (Phi) is 23.1. The molecule has 19 nitrogen and oxygen atoms in total. The molecule has 3 saturated carbocycles. The number of methoxy groups -OCH3 is 1. The van der Waals surface area contributed by atoms with E-state index in [0.717, 1.165) is 50.3 Å². The number of nitrogens with zero attached hydrogens (tertiary/aromatic N) is 2. The van der Waals surface area contributed by atoms with Crippen molar-refractivity contribution in [1.29, 1.82) is 0 Å². The van der Waals surface area contributed by atoms with Gasteiger partial charge >= 0.3 is 36.2 Å². The van der Waals surface area contributed by atoms with Crippen molar-refractivity contribution in [3.63, 3.8) is 0 Å². The molecule has 0 bridgehead atoms. The normalized spacial score (nSPS) is 19.3. The number of pyridine rings is 2. The summed E-state index contributed by atoms with van der Waals surface area (Å²) in [5, 5.41) is 30.3. The lowest BCUT2D eigenvalue weighted by atomic mass is 9.92. The van der Waals surface area contributed by atoms with Crippen LogP contribution in [0.5, 0.6) is 17.2 Å². The van der Waals surface area contributed by atoms with Gasteiger partial charge in [0.2, 0.25) is 11.8 Å². The van der Waals surface area contributed by atoms with Crippen LogP contribution in [0.1, 0.15) is 102 Å². The van der Waals surface area contributed by atoms with Crippen molar-refractivity contribution in [1.82, 2.24) is 20.9 Å². The SMILES string of the molecule is CCCOC(=O)[C@]1(c2cccc(OCc3cc(C)nc4ccccc34)c2)C[C@H]1C(=O)NO.CCOC(=O)[C@@]1(Cc2ccc(CCc3cc(C(F)(F)F)cc4ccccc34)cc2)C[C@@H]1C(=O)O.CCOC(=O)[C@@]1(Cc2ccc(OCc3ccc(OC)c4nc(C(F)(F)F)ccc34)cc2)C[C@@H]1C(=O)NO. The van der Waals surface area contributed by atoms with E-state index in [-0.39, 0.29) is 69.8 Å². The zero-order chi connectivity index (χ0) is 74.0. The lowest BCUT2D eigenvalue weighted by Gasteiger charge is -2.18. The molecule has 2 aromatic heterocycles. The van der Waals surface area contributed by atoms with Crippen LogP contribution >= 0.6 is 0 Å². The number of carbonyl (C=O) groups excluding carboxylic acids is 5. The van der Waals surface area contributed by atoms with Gasteiger partial charge in [0.25, 0.3) is 0 Å². The molecule has 0 radical (unpaired) electrons. The monoisotopic (exact) mass is 1420 g/mol. The Morgan fingerprint density at radius 3 is 1.77 bits per heavy atom. The molecule has 0 saturated heterocycles. The van der Waals surface area contributed by atoms with Gasteiger partial charge in [0.15, 0.2) is 0 Å². The van der Waals surface area contributed by atoms with Crippen LogP contribution in [0, 0.1) is 35.5 Å². The smallest absolute Gasteiger partial charge is 0.433 e. The number of halogens is 6. The number of aromatic nitrogens is 2. The number of aliphatic carboxylic acids is 1. The summed E-state index contributed by atoms with van der Waals surface area (Å²) in [5.74, 6) is -4.46. The zero-order valence-electron chi connectivity index (χ0n) is 56.9. The lowest BCUT2D eigenvalue weighted by Crippen LogP contribution is -2.32. The van der Waals surface area contributed by atoms with E-state index in [4.69, 9.17) is 38.8 Å². The molecule has 2 amide bonds. The number of aryl methyl sites for hydroxylation is 3. The molecule has 3 aliphatic rings. The van der Waals surface area contributed by atoms with Crippen molar-refractivity contribution < 1.29 is 99.1 Å². The minimum absolute atomic E-state index is 0.0679. The second-order valence-electron chi connectivity index (χ2n) is 25.7. The summed E-state index contributed by atoms with van der Waals surface area (Å²) in [5.41, 5.74) is 5.79. The summed E-state index contributed by atoms with van der Waals surface area (Å²) in [4.78, 5) is 81.6. The molecule has 0 unspecified atom stereocenters. The maximum atomic E-state index is 13.4. The number of ether oxygens (including phenoxy) is 6. The van der Waals surface area contributed by atoms with Crippen LogP contribution < -0.4 is 25.2 Å². The Labute approximate surface area is 588 Å². The van der Waals surface area contributed by atoms with E-state index in [1.807, 2.05) is 86.6 Å². The standard InChI is InChI=1S/C27H25F3O4.C26H25F3N2O6.C25H26N2O5/c1-2-34-25(33)26(16-23(26)24(31)32)15-18-9-7-17(8-10-18)11-12-20-14-21(27(28,29)30)13-19-5-3-4-6-22(19)20;1-3-36-24(33)25(13-19(25)23(32)31-34)12-15-4-7-17(8-5-15)37-14-16-6-10-20(35-2)22-18(16)9-11-21(30-22)26(27,28)29;1-3-11-31-24(29)25(14-21(25)23(28)27-30)18-7-6-8-19(13-18)32-15-17-12-16(2)26-22-10-5-4-9-20(17)22/h3-10,13-14,23H,2,11-12,15-16H2,1H3,(H,31,32);4-11,19,34H,3,12-14H2,1-2H3,(H,31,32);4-10,12-13,21,30H,3,11,14-15H2,1-2H3,(H,27,28)/t23-,26+;19-,25+;21-,25-/m110/s1. The Bertz CT molecular complexity index is 4610. The number of carboxylic acid groups (broad SMARTS) is 1. The van der Waals surface area contributed by atoms with Crippen molar-refractivity contribution in [2.75, 3.05) is 26.9 Å². The first-order valence-electron chi connectivity index (χ1n) is 33.4. The summed E-state index contributed by atoms with van der Waals surface area (Å²) in [7, 11) is 1.36. The summed E-state index contributed by atoms with van der Waals surface area (Å²) in [6.45, 7) is 8.26. The number of fused-ring (bicyclic) bond motifs is 3. The molecule has 9 aromatic rings. The van der Waals surface area contributed by atoms with Crippen LogP contribution in [0.25, 0.3) is 32.6 Å². The Hall–Kier alpha value is -10.7. The van der Waals surface area contributed by atoms with Gasteiger partial charge in [-0.25, -0.2) is 15.9 Å². The maximum absolute atomic E-state index is 13.4. The number of amides is 2. The second-order valence-corrected chi connectivity index (χ2v) is 25.7. The molecule has 5 N–H and O–H groups in total. The highest BCUT2D eigenvalue weighted by atomic mass is 19.4. The summed E-state index contributed by atoms with van der Waals surface area (Å²) in [6.07, 6.45) is -5.99. The van der Waals surface area contributed by atoms with Gasteiger partial charge in [0.1, 0.15) is 47.1 Å². The van der Waals surface area contributed by atoms with E-state index < -0.39 is 93.3 Å². The quantitative estimate of drug-likeness (QED) is 0.0117. The third-order valence-electron chi connectivity index (χ3n) is 18.9. The van der Waals surface area contributed by atoms with Gasteiger partial charge in [-0.1, -0.05) is 110 Å². The van der Waals surface area contributed by atoms with E-state index in [1.165, 1.54) is 25.3 Å². The molecule has 7 aromatic carbocycles. The van der Waals surface area contributed by atoms with Crippen molar-refractivity contribution in [2.45, 2.75) is 110 Å². The van der Waals surface area contributed by atoms with Crippen molar-refractivity contribution in [3.8, 4) is 17.2 Å². The third kappa shape index (κ3) is 17.0. The molecule has 0 spiro atoms. The number of alkyl halides is 6. The van der Waals surface area contributed by atoms with Crippen LogP contribution in [-0.4, -0.2) is 88.1 Å². The number of benzene rings is 7. The average molecular weight is 1420 g/mol. The molecule has 0 aliphatic heterocycles. The van der Waals surface area contributed by atoms with E-state index in [2.05, 4.69) is 9.97 Å². The third-order valence-corrected chi connectivity index (χ3v) is 18.9. The van der Waals surface area contributed by atoms with E-state index in [0.29, 0.717) is 64.8 Å². The number of rotatable bonds is 25. The first-order chi connectivity index (χ1) is 49.2. The molecule has 25 heteroatoms. The van der Waals surface area contributed by atoms with Crippen LogP contribution in [0.3, 0.4) is 0 Å². The Morgan fingerprint density at radius 1 is 0.544 bits per heavy atom. The van der Waals surface area contributed by atoms with Crippen molar-refractivity contribution >= 4 is 68.3 Å². The largest absolute Gasteiger partial charge is 0.494 e. The predicted molar refractivity (Wildman–Crippen MR) is 364 cm³/mol. The van der Waals surface area contributed by atoms with Gasteiger partial charge in [-0.15, -0.1) is 0 Å². The average Bonchev–Trinajstić information content (AvgIpc) is 1.56. The van der Waals surface area contributed by atoms with Crippen molar-refractivity contribution in [2.24, 2.45) is 28.6 Å². The molecule has 12 rings (SSSR count). The number of hydrogen-bond donors (Lipinski definition) is 5. The fourth-order valence-corrected chi connectivity index (χ4v) is 13.2. The molecule has 3 aliphatic carbocycles. The number of para-hydroxylation sites is 1. The first-order valence-corrected chi connectivity index (χ1v) is 33.4. The number of nitrogens with one attached hydrogen (secondary N) is 2. The van der Waals surface area contributed by atoms with Gasteiger partial charge in [-0.2, -0.15) is 26.3 Å². The molecule has 6 atom stereocenters. The number of carboxylic acids is 1. The number of esters is 3. The van der Waals surface area contributed by atoms with E-state index in [9.17, 15) is 60.2 Å². The predicted octanol–water partition coefficient (Wildman–Crippen LogP) is 14.1. The van der Waals surface area contributed by atoms with Gasteiger partial charge in [-0.05, 0) is 177 Å². The van der Waals surface area contributed by atoms with E-state index in [1.54, 1.807) is 91.5 Å². The van der Waals surface area contributed by atoms with Crippen LogP contribution in [0.15, 0.2) is 164 Å². The molecular weight excluding hydrogens is 1350 g/mol. The molecule has 2 heterocycles. The topological polar surface area (TPSA) is 268 Å². The molecular formula is C78H76F6N4O15. The van der Waals surface area contributed by atoms with Crippen LogP contribution in [0.4, 0.5) is 26.3 Å². The van der Waals surface area contributed by atoms with Gasteiger partial charge < -0.3 is 33.5 Å². The highest BCUT2D eigenvalue weighted by Gasteiger charge is 2.67. The summed E-state index contributed by atoms with van der Waals surface area (Å²) < 4.78 is 112. The number of hydrogen-bond acceptors (Lipinski definition) is 16. The highest BCUT2D eigenvalue weighted by Crippen LogP contribution is 2.58. The Balaban J connectivity index is 0.000000166. The fourth-order valence-electron chi connectivity index (χ4n) is 13.2. The van der Waals surface area contributed by atoms with Crippen LogP contribution in [-0.2, 0) is 99.6 Å². The molecule has 3 fully saturated rings. The fraction of sp³-hybridized carbons (Fsp3) is 0.333. The van der Waals surface area contributed by atoms with Crippen LogP contribution in [0.2, 0.25) is 0 Å². The maximum Gasteiger partial charge on any atom is 0.433 e. The van der Waals surface area contributed by atoms with Gasteiger partial charge in [0, 0.05) is 22.0 Å². The first kappa shape index (κ1) is 75.0. The molecule has 540 valence electrons. The second kappa shape index (κ2) is 31.7. The number of hydroxylamine groups is 2. The lowest BCUT2D eigenvalue weighted by molar-refractivity contribution is -0.153. The minimum Gasteiger partial charge on any atom is -0.494 e. The zero-order valence-corrected chi connectivity index (χ0v) is 56.9. The van der Waals surface area contributed by atoms with E-state index >= 15 is 0 Å². The van der Waals surface area contributed by atoms with Gasteiger partial charge in [-0.3, -0.25) is 44.2 Å². The summed E-state index contributed by atoms with van der Waals surface area (Å²) >= 11 is 0. The Morgan fingerprint density at radius 2 is 1.15 bits per heavy atom. The minimum atomic E-state index is -4.58. The molecule has 103 heavy (non-hydrogen) atoms. The van der Waals surface area contributed by atoms with Crippen molar-refractivity contribution in [3.05, 3.63) is 220 Å².